The van der Waals surface area contributed by atoms with E-state index in [0.717, 1.165) is 55.0 Å². The average Bonchev–Trinajstić information content (AvgIpc) is 3.16. The van der Waals surface area contributed by atoms with Gasteiger partial charge in [0.1, 0.15) is 5.82 Å². The minimum atomic E-state index is -4.43. The molecule has 27 heavy (non-hydrogen) atoms. The van der Waals surface area contributed by atoms with Gasteiger partial charge in [0.05, 0.1) is 22.0 Å². The Hall–Kier alpha value is -1.99. The summed E-state index contributed by atoms with van der Waals surface area (Å²) in [5.41, 5.74) is 1.46. The van der Waals surface area contributed by atoms with E-state index in [4.69, 9.17) is 11.6 Å². The fraction of sp³-hybridized carbons (Fsp3) is 0.316. The largest absolute Gasteiger partial charge is 0.416 e. The molecule has 0 saturated carbocycles. The van der Waals surface area contributed by atoms with Crippen LogP contribution in [-0.4, -0.2) is 16.3 Å². The summed E-state index contributed by atoms with van der Waals surface area (Å²) in [5, 5.41) is 10.3. The van der Waals surface area contributed by atoms with Crippen molar-refractivity contribution in [2.45, 2.75) is 31.9 Å². The van der Waals surface area contributed by atoms with Gasteiger partial charge in [-0.1, -0.05) is 17.7 Å². The number of benzene rings is 1. The number of aromatic nitrogens is 2. The quantitative estimate of drug-likeness (QED) is 0.577. The first kappa shape index (κ1) is 18.4. The fourth-order valence-corrected chi connectivity index (χ4v) is 4.23. The smallest absolute Gasteiger partial charge is 0.370 e. The number of nitrogens with zero attached hydrogens (tertiary/aromatic N) is 2. The zero-order valence-corrected chi connectivity index (χ0v) is 15.9. The van der Waals surface area contributed by atoms with Gasteiger partial charge in [0.2, 0.25) is 0 Å². The molecule has 1 aliphatic heterocycles. The summed E-state index contributed by atoms with van der Waals surface area (Å²) in [4.78, 5) is 1.17. The minimum absolute atomic E-state index is 0.238. The number of nitrogens with one attached hydrogen (secondary N) is 1. The molecule has 3 nitrogen and oxygen atoms in total. The summed E-state index contributed by atoms with van der Waals surface area (Å²) in [6, 6.07) is 7.36. The van der Waals surface area contributed by atoms with Crippen molar-refractivity contribution in [3.8, 4) is 5.69 Å². The van der Waals surface area contributed by atoms with Crippen molar-refractivity contribution in [3.63, 3.8) is 0 Å². The monoisotopic (exact) mass is 411 g/mol. The highest BCUT2D eigenvalue weighted by Crippen LogP contribution is 2.36. The van der Waals surface area contributed by atoms with Crippen molar-refractivity contribution in [1.29, 1.82) is 0 Å². The van der Waals surface area contributed by atoms with Crippen LogP contribution in [0.2, 0.25) is 5.02 Å². The Morgan fingerprint density at radius 3 is 2.81 bits per heavy atom. The lowest BCUT2D eigenvalue weighted by Crippen LogP contribution is -2.10. The molecule has 4 rings (SSSR count). The predicted octanol–water partition coefficient (Wildman–Crippen LogP) is 5.95. The van der Waals surface area contributed by atoms with Crippen LogP contribution in [0.1, 0.15) is 34.5 Å². The van der Waals surface area contributed by atoms with Crippen molar-refractivity contribution in [1.82, 2.24) is 9.78 Å². The summed E-state index contributed by atoms with van der Waals surface area (Å²) in [6.07, 6.45) is -0.912. The molecular weight excluding hydrogens is 395 g/mol. The summed E-state index contributed by atoms with van der Waals surface area (Å²) in [7, 11) is 0. The Morgan fingerprint density at radius 2 is 2.07 bits per heavy atom. The molecule has 2 aromatic heterocycles. The Bertz CT molecular complexity index is 948. The zero-order valence-electron chi connectivity index (χ0n) is 14.3. The summed E-state index contributed by atoms with van der Waals surface area (Å²) in [6.45, 7) is 0.758. The van der Waals surface area contributed by atoms with Crippen molar-refractivity contribution in [2.75, 3.05) is 11.9 Å². The standard InChI is InChI=1S/C19H17ClF3N3S/c20-15-7-6-12(19(21,22)23)10-17(15)26-18-14(5-1-2-8-24-18)16(25-26)11-13-4-3-9-27-13/h3-4,6-7,9-10,24H,1-2,5,8,11H2. The zero-order chi connectivity index (χ0) is 19.0. The number of alkyl halides is 3. The van der Waals surface area contributed by atoms with Gasteiger partial charge >= 0.3 is 6.18 Å². The number of halogens is 4. The molecule has 1 aromatic carbocycles. The van der Waals surface area contributed by atoms with E-state index in [2.05, 4.69) is 10.4 Å². The van der Waals surface area contributed by atoms with E-state index >= 15 is 0 Å². The fourth-order valence-electron chi connectivity index (χ4n) is 3.32. The van der Waals surface area contributed by atoms with Crippen molar-refractivity contribution in [3.05, 3.63) is 62.4 Å². The van der Waals surface area contributed by atoms with Crippen LogP contribution in [0.25, 0.3) is 5.69 Å². The third-order valence-electron chi connectivity index (χ3n) is 4.64. The van der Waals surface area contributed by atoms with Crippen LogP contribution >= 0.6 is 22.9 Å². The topological polar surface area (TPSA) is 29.9 Å². The van der Waals surface area contributed by atoms with Gasteiger partial charge in [-0.15, -0.1) is 11.3 Å². The SMILES string of the molecule is FC(F)(F)c1ccc(Cl)c(-n2nc(Cc3cccs3)c3c2NCCCC3)c1. The van der Waals surface area contributed by atoms with E-state index < -0.39 is 11.7 Å². The van der Waals surface area contributed by atoms with Gasteiger partial charge in [0, 0.05) is 23.4 Å². The molecule has 0 atom stereocenters. The van der Waals surface area contributed by atoms with Crippen molar-refractivity contribution >= 4 is 28.8 Å². The maximum atomic E-state index is 13.2. The Kier molecular flexibility index (Phi) is 4.90. The lowest BCUT2D eigenvalue weighted by molar-refractivity contribution is -0.137. The molecule has 1 N–H and O–H groups in total. The van der Waals surface area contributed by atoms with Crippen LogP contribution in [0.4, 0.5) is 19.0 Å². The maximum Gasteiger partial charge on any atom is 0.416 e. The Morgan fingerprint density at radius 1 is 1.22 bits per heavy atom. The van der Waals surface area contributed by atoms with Crippen LogP contribution in [0.5, 0.6) is 0 Å². The molecule has 0 fully saturated rings. The highest BCUT2D eigenvalue weighted by molar-refractivity contribution is 7.09. The Labute approximate surface area is 163 Å². The molecule has 0 unspecified atom stereocenters. The van der Waals surface area contributed by atoms with Gasteiger partial charge in [-0.05, 0) is 48.9 Å². The van der Waals surface area contributed by atoms with Gasteiger partial charge < -0.3 is 5.32 Å². The van der Waals surface area contributed by atoms with E-state index in [9.17, 15) is 13.2 Å². The van der Waals surface area contributed by atoms with Crippen LogP contribution in [-0.2, 0) is 19.0 Å². The molecule has 0 aliphatic carbocycles. The third-order valence-corrected chi connectivity index (χ3v) is 5.83. The van der Waals surface area contributed by atoms with Gasteiger partial charge in [-0.25, -0.2) is 4.68 Å². The first-order chi connectivity index (χ1) is 12.9. The molecule has 3 aromatic rings. The number of hydrogen-bond donors (Lipinski definition) is 1. The predicted molar refractivity (Wildman–Crippen MR) is 102 cm³/mol. The van der Waals surface area contributed by atoms with E-state index in [1.807, 2.05) is 17.5 Å². The molecule has 0 saturated heterocycles. The first-order valence-corrected chi connectivity index (χ1v) is 9.93. The number of thiophene rings is 1. The normalized spacial score (nSPS) is 14.5. The van der Waals surface area contributed by atoms with Gasteiger partial charge in [-0.2, -0.15) is 18.3 Å². The van der Waals surface area contributed by atoms with Crippen LogP contribution < -0.4 is 5.32 Å². The highest BCUT2D eigenvalue weighted by atomic mass is 35.5. The average molecular weight is 412 g/mol. The maximum absolute atomic E-state index is 13.2. The molecule has 0 amide bonds. The molecule has 1 aliphatic rings. The van der Waals surface area contributed by atoms with Gasteiger partial charge in [-0.3, -0.25) is 0 Å². The van der Waals surface area contributed by atoms with Gasteiger partial charge in [0.25, 0.3) is 0 Å². The number of fused-ring (bicyclic) bond motifs is 1. The van der Waals surface area contributed by atoms with E-state index in [1.165, 1.54) is 10.9 Å². The van der Waals surface area contributed by atoms with E-state index in [-0.39, 0.29) is 10.7 Å². The number of anilines is 1. The first-order valence-electron chi connectivity index (χ1n) is 8.67. The molecule has 8 heteroatoms. The van der Waals surface area contributed by atoms with Crippen LogP contribution in [0.3, 0.4) is 0 Å². The summed E-state index contributed by atoms with van der Waals surface area (Å²) in [5.74, 6) is 0.750. The number of hydrogen-bond acceptors (Lipinski definition) is 3. The second kappa shape index (κ2) is 7.20. The second-order valence-corrected chi connectivity index (χ2v) is 7.93. The van der Waals surface area contributed by atoms with Crippen LogP contribution in [0, 0.1) is 0 Å². The van der Waals surface area contributed by atoms with Crippen LogP contribution in [0.15, 0.2) is 35.7 Å². The molecule has 0 spiro atoms. The molecule has 142 valence electrons. The molecular formula is C19H17ClF3N3S. The molecule has 0 radical (unpaired) electrons. The Balaban J connectivity index is 1.84. The lowest BCUT2D eigenvalue weighted by Gasteiger charge is -2.13. The number of rotatable bonds is 3. The summed E-state index contributed by atoms with van der Waals surface area (Å²) < 4.78 is 41.1. The van der Waals surface area contributed by atoms with Crippen molar-refractivity contribution in [2.24, 2.45) is 0 Å². The van der Waals surface area contributed by atoms with E-state index in [1.54, 1.807) is 16.0 Å². The third kappa shape index (κ3) is 3.71. The van der Waals surface area contributed by atoms with Crippen molar-refractivity contribution < 1.29 is 13.2 Å². The summed E-state index contributed by atoms with van der Waals surface area (Å²) >= 11 is 7.91. The lowest BCUT2D eigenvalue weighted by atomic mass is 10.1. The molecule has 0 bridgehead atoms. The minimum Gasteiger partial charge on any atom is -0.370 e. The van der Waals surface area contributed by atoms with E-state index in [0.29, 0.717) is 6.42 Å². The van der Waals surface area contributed by atoms with Gasteiger partial charge in [0.15, 0.2) is 0 Å². The molecule has 3 heterocycles. The second-order valence-electron chi connectivity index (χ2n) is 6.49. The highest BCUT2D eigenvalue weighted by Gasteiger charge is 2.32.